The summed E-state index contributed by atoms with van der Waals surface area (Å²) in [4.78, 5) is 17.1. The molecule has 8 rings (SSSR count). The minimum Gasteiger partial charge on any atom is -0.345 e. The van der Waals surface area contributed by atoms with Crippen LogP contribution in [0.4, 0.5) is 0 Å². The van der Waals surface area contributed by atoms with E-state index in [1.54, 1.807) is 0 Å². The normalized spacial score (nSPS) is 24.7. The summed E-state index contributed by atoms with van der Waals surface area (Å²) >= 11 is 1.82. The highest BCUT2D eigenvalue weighted by molar-refractivity contribution is 7.16. The molecule has 0 bridgehead atoms. The molecule has 0 spiro atoms. The number of amidine groups is 2. The van der Waals surface area contributed by atoms with Crippen molar-refractivity contribution in [3.05, 3.63) is 131 Å². The van der Waals surface area contributed by atoms with Gasteiger partial charge in [-0.1, -0.05) is 103 Å². The van der Waals surface area contributed by atoms with Crippen LogP contribution in [0, 0.1) is 11.8 Å². The molecule has 4 aromatic carbocycles. The van der Waals surface area contributed by atoms with Crippen molar-refractivity contribution >= 4 is 39.9 Å². The molecule has 5 heteroatoms. The van der Waals surface area contributed by atoms with Crippen molar-refractivity contribution in [3.63, 3.8) is 0 Å². The summed E-state index contributed by atoms with van der Waals surface area (Å²) in [7, 11) is 0. The van der Waals surface area contributed by atoms with Gasteiger partial charge in [-0.3, -0.25) is 0 Å². The molecule has 0 amide bonds. The van der Waals surface area contributed by atoms with Crippen LogP contribution in [0.1, 0.15) is 53.8 Å². The monoisotopic (exact) mass is 564 g/mol. The van der Waals surface area contributed by atoms with Gasteiger partial charge in [-0.25, -0.2) is 15.0 Å². The van der Waals surface area contributed by atoms with Crippen molar-refractivity contribution in [1.29, 1.82) is 0 Å². The van der Waals surface area contributed by atoms with Gasteiger partial charge >= 0.3 is 0 Å². The van der Waals surface area contributed by atoms with Gasteiger partial charge in [-0.2, -0.15) is 0 Å². The Morgan fingerprint density at radius 2 is 1.52 bits per heavy atom. The summed E-state index contributed by atoms with van der Waals surface area (Å²) in [6.45, 7) is 2.27. The molecule has 0 saturated heterocycles. The molecule has 3 unspecified atom stereocenters. The molecule has 42 heavy (non-hydrogen) atoms. The van der Waals surface area contributed by atoms with Crippen LogP contribution >= 0.6 is 11.3 Å². The van der Waals surface area contributed by atoms with Crippen LogP contribution in [0.15, 0.2) is 119 Å². The van der Waals surface area contributed by atoms with Crippen molar-refractivity contribution in [1.82, 2.24) is 10.3 Å². The Hall–Kier alpha value is -4.35. The van der Waals surface area contributed by atoms with Gasteiger partial charge in [0.15, 0.2) is 5.84 Å². The fraction of sp³-hybridized carbons (Fsp3) is 0.216. The van der Waals surface area contributed by atoms with Gasteiger partial charge in [0.1, 0.15) is 16.5 Å². The fourth-order valence-corrected chi connectivity index (χ4v) is 7.98. The molecule has 1 N–H and O–H groups in total. The largest absolute Gasteiger partial charge is 0.345 e. The molecule has 0 radical (unpaired) electrons. The van der Waals surface area contributed by atoms with E-state index in [1.807, 2.05) is 11.3 Å². The highest BCUT2D eigenvalue weighted by Crippen LogP contribution is 2.50. The number of aliphatic imine (C=N–C) groups is 2. The van der Waals surface area contributed by atoms with E-state index in [1.165, 1.54) is 26.9 Å². The number of benzene rings is 4. The predicted octanol–water partition coefficient (Wildman–Crippen LogP) is 8.70. The number of fused-ring (bicyclic) bond motifs is 4. The highest BCUT2D eigenvalue weighted by Gasteiger charge is 2.44. The van der Waals surface area contributed by atoms with Crippen molar-refractivity contribution in [2.45, 2.75) is 37.8 Å². The Bertz CT molecular complexity index is 1870. The number of nitrogens with one attached hydrogen (secondary N) is 1. The molecule has 3 aliphatic rings. The highest BCUT2D eigenvalue weighted by atomic mass is 32.1. The SMILES string of the molecule is CC1([C@@H]2CCC3C=Cc4sc(-c5ccccc5)nc4C3C2)N=C(c2ccc3ccccc3c2)N=C(c2ccccc2)N1. The number of hydrogen-bond acceptors (Lipinski definition) is 5. The maximum atomic E-state index is 5.42. The topological polar surface area (TPSA) is 49.6 Å². The van der Waals surface area contributed by atoms with Gasteiger partial charge in [-0.15, -0.1) is 11.3 Å². The maximum absolute atomic E-state index is 5.42. The molecular formula is C37H32N4S. The number of rotatable bonds is 4. The van der Waals surface area contributed by atoms with Gasteiger partial charge in [-0.05, 0) is 55.0 Å². The molecule has 1 aromatic heterocycles. The van der Waals surface area contributed by atoms with E-state index < -0.39 is 5.66 Å². The molecular weight excluding hydrogens is 533 g/mol. The quantitative estimate of drug-likeness (QED) is 0.237. The molecule has 2 aliphatic carbocycles. The summed E-state index contributed by atoms with van der Waals surface area (Å²) in [6.07, 6.45) is 8.04. The van der Waals surface area contributed by atoms with Crippen LogP contribution in [0.25, 0.3) is 27.4 Å². The lowest BCUT2D eigenvalue weighted by atomic mass is 9.67. The summed E-state index contributed by atoms with van der Waals surface area (Å²) in [5.41, 5.74) is 4.12. The fourth-order valence-electron chi connectivity index (χ4n) is 6.92. The number of thiazole rings is 1. The van der Waals surface area contributed by atoms with Crippen molar-refractivity contribution in [3.8, 4) is 10.6 Å². The van der Waals surface area contributed by atoms with Gasteiger partial charge < -0.3 is 5.32 Å². The zero-order chi connectivity index (χ0) is 28.1. The second-order valence-corrected chi connectivity index (χ2v) is 12.9. The first-order chi connectivity index (χ1) is 20.6. The van der Waals surface area contributed by atoms with Gasteiger partial charge in [0.05, 0.1) is 10.6 Å². The molecule has 1 aliphatic heterocycles. The van der Waals surface area contributed by atoms with Crippen molar-refractivity contribution < 1.29 is 0 Å². The van der Waals surface area contributed by atoms with Gasteiger partial charge in [0.2, 0.25) is 0 Å². The molecule has 1 fully saturated rings. The number of nitrogens with zero attached hydrogens (tertiary/aromatic N) is 3. The van der Waals surface area contributed by atoms with Crippen LogP contribution < -0.4 is 5.32 Å². The number of aromatic nitrogens is 1. The molecule has 4 atom stereocenters. The first-order valence-electron chi connectivity index (χ1n) is 14.9. The Morgan fingerprint density at radius 3 is 2.33 bits per heavy atom. The van der Waals surface area contributed by atoms with E-state index in [9.17, 15) is 0 Å². The van der Waals surface area contributed by atoms with Gasteiger partial charge in [0.25, 0.3) is 0 Å². The minimum atomic E-state index is -0.488. The number of hydrogen-bond donors (Lipinski definition) is 1. The summed E-state index contributed by atoms with van der Waals surface area (Å²) in [5, 5.41) is 7.37. The Morgan fingerprint density at radius 1 is 0.786 bits per heavy atom. The minimum absolute atomic E-state index is 0.338. The summed E-state index contributed by atoms with van der Waals surface area (Å²) < 4.78 is 0. The lowest BCUT2D eigenvalue weighted by molar-refractivity contribution is 0.167. The predicted molar refractivity (Wildman–Crippen MR) is 175 cm³/mol. The second kappa shape index (κ2) is 10.2. The van der Waals surface area contributed by atoms with Crippen molar-refractivity contribution in [2.75, 3.05) is 0 Å². The Kier molecular flexibility index (Phi) is 6.15. The smallest absolute Gasteiger partial charge is 0.159 e. The van der Waals surface area contributed by atoms with Crippen LogP contribution in [0.5, 0.6) is 0 Å². The zero-order valence-electron chi connectivity index (χ0n) is 23.6. The van der Waals surface area contributed by atoms with E-state index in [2.05, 4.69) is 128 Å². The van der Waals surface area contributed by atoms with E-state index >= 15 is 0 Å². The van der Waals surface area contributed by atoms with Crippen LogP contribution in [0.2, 0.25) is 0 Å². The van der Waals surface area contributed by atoms with E-state index in [4.69, 9.17) is 15.0 Å². The third-order valence-corrected chi connectivity index (χ3v) is 10.3. The molecule has 4 nitrogen and oxygen atoms in total. The Labute approximate surface area is 250 Å². The maximum Gasteiger partial charge on any atom is 0.159 e. The van der Waals surface area contributed by atoms with Gasteiger partial charge in [0, 0.05) is 28.5 Å². The first-order valence-corrected chi connectivity index (χ1v) is 15.7. The summed E-state index contributed by atoms with van der Waals surface area (Å²) in [5.74, 6) is 2.95. The first kappa shape index (κ1) is 25.4. The lowest BCUT2D eigenvalue weighted by Gasteiger charge is -2.45. The molecule has 1 saturated carbocycles. The van der Waals surface area contributed by atoms with E-state index in [0.717, 1.165) is 47.1 Å². The van der Waals surface area contributed by atoms with Crippen LogP contribution in [-0.2, 0) is 0 Å². The van der Waals surface area contributed by atoms with Crippen LogP contribution in [0.3, 0.4) is 0 Å². The second-order valence-electron chi connectivity index (χ2n) is 11.9. The number of allylic oxidation sites excluding steroid dienone is 1. The lowest BCUT2D eigenvalue weighted by Crippen LogP contribution is -2.54. The van der Waals surface area contributed by atoms with Crippen molar-refractivity contribution in [2.24, 2.45) is 21.8 Å². The third kappa shape index (κ3) is 4.49. The molecule has 206 valence electrons. The zero-order valence-corrected chi connectivity index (χ0v) is 24.4. The molecule has 5 aromatic rings. The van der Waals surface area contributed by atoms with E-state index in [-0.39, 0.29) is 0 Å². The summed E-state index contributed by atoms with van der Waals surface area (Å²) in [6, 6.07) is 36.1. The standard InChI is InChI=1S/C37H32N4S/c1-37(30-20-18-25-19-21-32-33(31(25)23-30)38-36(42-32)27-13-6-3-7-14-27)40-34(26-11-4-2-5-12-26)39-35(41-37)29-17-16-24-10-8-9-15-28(24)22-29/h2-17,19,21-22,25,30-31H,18,20,23H2,1H3,(H,39,40,41)/t25?,30-,31?,37?/m1/s1. The average molecular weight is 565 g/mol. The third-order valence-electron chi connectivity index (χ3n) is 9.23. The molecule has 2 heterocycles. The van der Waals surface area contributed by atoms with Crippen LogP contribution in [-0.4, -0.2) is 22.3 Å². The average Bonchev–Trinajstić information content (AvgIpc) is 3.50. The Balaban J connectivity index is 1.17. The van der Waals surface area contributed by atoms with E-state index in [0.29, 0.717) is 17.8 Å².